The van der Waals surface area contributed by atoms with E-state index in [1.165, 1.54) is 23.3 Å². The highest BCUT2D eigenvalue weighted by atomic mass is 79.9. The Morgan fingerprint density at radius 1 is 1.23 bits per heavy atom. The second-order valence-electron chi connectivity index (χ2n) is 5.20. The van der Waals surface area contributed by atoms with Gasteiger partial charge in [0.25, 0.3) is 0 Å². The Morgan fingerprint density at radius 3 is 2.77 bits per heavy atom. The van der Waals surface area contributed by atoms with Crippen LogP contribution in [0.2, 0.25) is 0 Å². The van der Waals surface area contributed by atoms with E-state index in [0.717, 1.165) is 33.5 Å². The summed E-state index contributed by atoms with van der Waals surface area (Å²) in [7, 11) is 0. The summed E-state index contributed by atoms with van der Waals surface area (Å²) in [5.74, 6) is 0. The highest BCUT2D eigenvalue weighted by molar-refractivity contribution is 9.12. The molecular formula is C18H15BrN2S. The van der Waals surface area contributed by atoms with Crippen LogP contribution < -0.4 is 0 Å². The highest BCUT2D eigenvalue weighted by Crippen LogP contribution is 2.39. The van der Waals surface area contributed by atoms with Gasteiger partial charge in [-0.05, 0) is 58.8 Å². The van der Waals surface area contributed by atoms with Crippen LogP contribution in [0.1, 0.15) is 34.4 Å². The zero-order valence-corrected chi connectivity index (χ0v) is 14.5. The molecule has 110 valence electrons. The first-order valence-corrected chi connectivity index (χ1v) is 8.90. The second kappa shape index (κ2) is 7.04. The predicted octanol–water partition coefficient (Wildman–Crippen LogP) is 5.64. The Labute approximate surface area is 143 Å². The number of aryl methyl sites for hydroxylation is 1. The minimum absolute atomic E-state index is 0.774. The van der Waals surface area contributed by atoms with E-state index in [4.69, 9.17) is 0 Å². The van der Waals surface area contributed by atoms with E-state index >= 15 is 0 Å². The average molecular weight is 371 g/mol. The molecule has 0 radical (unpaired) electrons. The SMILES string of the molecule is N#Cc1c(N=C/C(Br)=C/c2ccccc2)sc2c1CCCC2. The molecule has 0 fully saturated rings. The number of hydrogen-bond donors (Lipinski definition) is 0. The van der Waals surface area contributed by atoms with Crippen LogP contribution in [0, 0.1) is 11.3 Å². The standard InChI is InChI=1S/C18H15BrN2S/c19-14(10-13-6-2-1-3-7-13)12-21-18-16(11-20)15-8-4-5-9-17(15)22-18/h1-3,6-7,10,12H,4-5,8-9H2/b14-10-,21-12?. The molecule has 0 bridgehead atoms. The number of aliphatic imine (C=N–C) groups is 1. The third-order valence-electron chi connectivity index (χ3n) is 3.67. The van der Waals surface area contributed by atoms with Gasteiger partial charge in [-0.2, -0.15) is 5.26 Å². The molecule has 22 heavy (non-hydrogen) atoms. The molecule has 3 rings (SSSR count). The van der Waals surface area contributed by atoms with Crippen molar-refractivity contribution in [3.05, 3.63) is 56.4 Å². The van der Waals surface area contributed by atoms with Crippen molar-refractivity contribution >= 4 is 44.6 Å². The molecule has 0 aliphatic heterocycles. The van der Waals surface area contributed by atoms with Gasteiger partial charge in [0, 0.05) is 15.6 Å². The minimum Gasteiger partial charge on any atom is -0.243 e. The largest absolute Gasteiger partial charge is 0.243 e. The van der Waals surface area contributed by atoms with E-state index in [9.17, 15) is 5.26 Å². The van der Waals surface area contributed by atoms with Gasteiger partial charge in [-0.3, -0.25) is 0 Å². The van der Waals surface area contributed by atoms with Gasteiger partial charge in [0.1, 0.15) is 11.1 Å². The average Bonchev–Trinajstić information content (AvgIpc) is 2.91. The van der Waals surface area contributed by atoms with Crippen molar-refractivity contribution in [1.29, 1.82) is 5.26 Å². The summed E-state index contributed by atoms with van der Waals surface area (Å²) in [6.45, 7) is 0. The summed E-state index contributed by atoms with van der Waals surface area (Å²) < 4.78 is 0.897. The Hall–Kier alpha value is -1.70. The van der Waals surface area contributed by atoms with Crippen LogP contribution in [0.4, 0.5) is 5.00 Å². The van der Waals surface area contributed by atoms with Gasteiger partial charge in [-0.1, -0.05) is 30.3 Å². The van der Waals surface area contributed by atoms with Crippen molar-refractivity contribution < 1.29 is 0 Å². The topological polar surface area (TPSA) is 36.1 Å². The molecule has 1 aliphatic rings. The fraction of sp³-hybridized carbons (Fsp3) is 0.222. The quantitative estimate of drug-likeness (QED) is 0.644. The molecule has 1 aliphatic carbocycles. The van der Waals surface area contributed by atoms with Crippen LogP contribution in [0.15, 0.2) is 39.8 Å². The molecule has 2 nitrogen and oxygen atoms in total. The molecule has 1 heterocycles. The van der Waals surface area contributed by atoms with Crippen molar-refractivity contribution in [1.82, 2.24) is 0 Å². The Balaban J connectivity index is 1.85. The summed E-state index contributed by atoms with van der Waals surface area (Å²) >= 11 is 5.19. The van der Waals surface area contributed by atoms with Crippen molar-refractivity contribution in [3.63, 3.8) is 0 Å². The Morgan fingerprint density at radius 2 is 2.00 bits per heavy atom. The number of allylic oxidation sites excluding steroid dienone is 1. The van der Waals surface area contributed by atoms with Gasteiger partial charge in [0.05, 0.1) is 5.56 Å². The van der Waals surface area contributed by atoms with Crippen LogP contribution in [0.3, 0.4) is 0 Å². The van der Waals surface area contributed by atoms with Crippen LogP contribution in [-0.4, -0.2) is 6.21 Å². The number of hydrogen-bond acceptors (Lipinski definition) is 3. The number of rotatable bonds is 3. The first kappa shape index (κ1) is 15.2. The number of nitriles is 1. The van der Waals surface area contributed by atoms with E-state index in [-0.39, 0.29) is 0 Å². The first-order valence-electron chi connectivity index (χ1n) is 7.29. The van der Waals surface area contributed by atoms with Gasteiger partial charge in [0.2, 0.25) is 0 Å². The zero-order valence-electron chi connectivity index (χ0n) is 12.1. The summed E-state index contributed by atoms with van der Waals surface area (Å²) in [6, 6.07) is 12.4. The number of thiophene rings is 1. The van der Waals surface area contributed by atoms with E-state index in [0.29, 0.717) is 0 Å². The van der Waals surface area contributed by atoms with Crippen LogP contribution in [0.25, 0.3) is 6.08 Å². The molecule has 0 saturated carbocycles. The van der Waals surface area contributed by atoms with E-state index in [1.54, 1.807) is 17.6 Å². The molecule has 0 saturated heterocycles. The van der Waals surface area contributed by atoms with Crippen molar-refractivity contribution in [2.24, 2.45) is 4.99 Å². The molecule has 0 spiro atoms. The fourth-order valence-electron chi connectivity index (χ4n) is 2.62. The van der Waals surface area contributed by atoms with Gasteiger partial charge >= 0.3 is 0 Å². The van der Waals surface area contributed by atoms with E-state index in [1.807, 2.05) is 36.4 Å². The molecule has 0 unspecified atom stereocenters. The summed E-state index contributed by atoms with van der Waals surface area (Å²) in [6.07, 6.45) is 8.31. The normalized spacial score (nSPS) is 14.8. The number of halogens is 1. The van der Waals surface area contributed by atoms with Gasteiger partial charge in [0.15, 0.2) is 0 Å². The lowest BCUT2D eigenvalue weighted by Gasteiger charge is -2.09. The lowest BCUT2D eigenvalue weighted by atomic mass is 9.96. The fourth-order valence-corrected chi connectivity index (χ4v) is 4.17. The van der Waals surface area contributed by atoms with Crippen LogP contribution in [0.5, 0.6) is 0 Å². The minimum atomic E-state index is 0.774. The summed E-state index contributed by atoms with van der Waals surface area (Å²) in [5.41, 5.74) is 3.12. The molecule has 4 heteroatoms. The maximum Gasteiger partial charge on any atom is 0.134 e. The second-order valence-corrected chi connectivity index (χ2v) is 7.20. The van der Waals surface area contributed by atoms with Gasteiger partial charge in [-0.15, -0.1) is 11.3 Å². The van der Waals surface area contributed by atoms with E-state index < -0.39 is 0 Å². The van der Waals surface area contributed by atoms with Crippen LogP contribution >= 0.6 is 27.3 Å². The first-order chi connectivity index (χ1) is 10.8. The molecule has 1 aromatic carbocycles. The molecular weight excluding hydrogens is 356 g/mol. The highest BCUT2D eigenvalue weighted by Gasteiger charge is 2.19. The third-order valence-corrected chi connectivity index (χ3v) is 5.31. The van der Waals surface area contributed by atoms with Gasteiger partial charge in [-0.25, -0.2) is 4.99 Å². The molecule has 0 N–H and O–H groups in total. The Bertz CT molecular complexity index is 766. The van der Waals surface area contributed by atoms with Crippen molar-refractivity contribution in [2.75, 3.05) is 0 Å². The molecule has 1 aromatic heterocycles. The molecule has 0 amide bonds. The van der Waals surface area contributed by atoms with Crippen molar-refractivity contribution in [2.45, 2.75) is 25.7 Å². The zero-order chi connectivity index (χ0) is 15.4. The molecule has 0 atom stereocenters. The third kappa shape index (κ3) is 3.37. The number of nitrogens with zero attached hydrogens (tertiary/aromatic N) is 2. The smallest absolute Gasteiger partial charge is 0.134 e. The predicted molar refractivity (Wildman–Crippen MR) is 97.2 cm³/mol. The number of fused-ring (bicyclic) bond motifs is 1. The van der Waals surface area contributed by atoms with E-state index in [2.05, 4.69) is 27.0 Å². The van der Waals surface area contributed by atoms with Crippen LogP contribution in [-0.2, 0) is 12.8 Å². The Kier molecular flexibility index (Phi) is 4.87. The maximum absolute atomic E-state index is 9.42. The summed E-state index contributed by atoms with van der Waals surface area (Å²) in [5, 5.41) is 10.3. The van der Waals surface area contributed by atoms with Gasteiger partial charge < -0.3 is 0 Å². The lowest BCUT2D eigenvalue weighted by molar-refractivity contribution is 0.696. The maximum atomic E-state index is 9.42. The summed E-state index contributed by atoms with van der Waals surface area (Å²) in [4.78, 5) is 5.88. The van der Waals surface area contributed by atoms with Crippen molar-refractivity contribution in [3.8, 4) is 6.07 Å². The number of benzene rings is 1. The lowest BCUT2D eigenvalue weighted by Crippen LogP contribution is -1.99. The molecule has 2 aromatic rings. The monoisotopic (exact) mass is 370 g/mol.